The number of carbonyl (C=O) groups is 1. The highest BCUT2D eigenvalue weighted by atomic mass is 127. The van der Waals surface area contributed by atoms with Crippen molar-refractivity contribution in [2.45, 2.75) is 12.8 Å². The monoisotopic (exact) mass is 502 g/mol. The van der Waals surface area contributed by atoms with Gasteiger partial charge in [0.1, 0.15) is 12.3 Å². The number of nitrogens with zero attached hydrogens (tertiary/aromatic N) is 1. The zero-order valence-corrected chi connectivity index (χ0v) is 18.3. The fraction of sp³-hybridized carbons (Fsp3) is 0.316. The highest BCUT2D eigenvalue weighted by Crippen LogP contribution is 2.19. The van der Waals surface area contributed by atoms with Gasteiger partial charge in [-0.3, -0.25) is 9.10 Å². The Hall–Kier alpha value is -1.81. The van der Waals surface area contributed by atoms with Gasteiger partial charge in [-0.15, -0.1) is 0 Å². The van der Waals surface area contributed by atoms with Crippen LogP contribution >= 0.6 is 22.6 Å². The molecule has 0 heterocycles. The average molecular weight is 502 g/mol. The van der Waals surface area contributed by atoms with Crippen molar-refractivity contribution in [3.8, 4) is 5.75 Å². The summed E-state index contributed by atoms with van der Waals surface area (Å²) in [7, 11) is -1.92. The van der Waals surface area contributed by atoms with Crippen LogP contribution < -0.4 is 14.4 Å². The molecule has 146 valence electrons. The first-order chi connectivity index (χ1) is 12.8. The molecule has 27 heavy (non-hydrogen) atoms. The van der Waals surface area contributed by atoms with Gasteiger partial charge < -0.3 is 10.1 Å². The molecule has 2 aromatic carbocycles. The van der Waals surface area contributed by atoms with Crippen LogP contribution in [0.15, 0.2) is 48.5 Å². The summed E-state index contributed by atoms with van der Waals surface area (Å²) in [6.07, 6.45) is 2.68. The third-order valence-corrected chi connectivity index (χ3v) is 5.79. The number of halogens is 1. The number of aryl methyl sites for hydroxylation is 1. The summed E-state index contributed by atoms with van der Waals surface area (Å²) in [6, 6.07) is 14.8. The van der Waals surface area contributed by atoms with E-state index in [0.29, 0.717) is 12.2 Å². The van der Waals surface area contributed by atoms with Gasteiger partial charge >= 0.3 is 0 Å². The summed E-state index contributed by atoms with van der Waals surface area (Å²) < 4.78 is 31.3. The Morgan fingerprint density at radius 2 is 1.74 bits per heavy atom. The van der Waals surface area contributed by atoms with Crippen molar-refractivity contribution in [2.75, 3.05) is 30.8 Å². The SMILES string of the molecule is COc1ccc(CCCNC(=O)CN(c2ccc(I)cc2)S(C)(=O)=O)cc1. The third kappa shape index (κ3) is 7.02. The quantitative estimate of drug-likeness (QED) is 0.423. The molecule has 0 saturated carbocycles. The average Bonchev–Trinajstić information content (AvgIpc) is 2.64. The van der Waals surface area contributed by atoms with Crippen molar-refractivity contribution < 1.29 is 17.9 Å². The summed E-state index contributed by atoms with van der Waals surface area (Å²) in [6.45, 7) is 0.247. The van der Waals surface area contributed by atoms with Crippen molar-refractivity contribution in [3.63, 3.8) is 0 Å². The first-order valence-corrected chi connectivity index (χ1v) is 11.3. The summed E-state index contributed by atoms with van der Waals surface area (Å²) in [5.74, 6) is 0.484. The summed E-state index contributed by atoms with van der Waals surface area (Å²) in [5.41, 5.74) is 1.63. The maximum absolute atomic E-state index is 12.2. The number of anilines is 1. The van der Waals surface area contributed by atoms with Gasteiger partial charge in [0.15, 0.2) is 0 Å². The highest BCUT2D eigenvalue weighted by molar-refractivity contribution is 14.1. The van der Waals surface area contributed by atoms with Gasteiger partial charge in [-0.25, -0.2) is 8.42 Å². The molecule has 0 aromatic heterocycles. The number of ether oxygens (including phenoxy) is 1. The molecular formula is C19H23IN2O4S. The van der Waals surface area contributed by atoms with Gasteiger partial charge in [0.25, 0.3) is 0 Å². The van der Waals surface area contributed by atoms with Crippen LogP contribution in [0.4, 0.5) is 5.69 Å². The molecule has 1 N–H and O–H groups in total. The van der Waals surface area contributed by atoms with E-state index in [0.717, 1.165) is 38.3 Å². The van der Waals surface area contributed by atoms with Crippen LogP contribution in [0.5, 0.6) is 5.75 Å². The Morgan fingerprint density at radius 3 is 2.30 bits per heavy atom. The van der Waals surface area contributed by atoms with Gasteiger partial charge in [-0.1, -0.05) is 12.1 Å². The number of nitrogens with one attached hydrogen (secondary N) is 1. The number of rotatable bonds is 9. The molecule has 0 atom stereocenters. The number of benzene rings is 2. The molecule has 6 nitrogen and oxygen atoms in total. The minimum Gasteiger partial charge on any atom is -0.497 e. The molecule has 0 radical (unpaired) electrons. The number of carbonyl (C=O) groups excluding carboxylic acids is 1. The molecular weight excluding hydrogens is 479 g/mol. The molecule has 0 aliphatic carbocycles. The summed E-state index contributed by atoms with van der Waals surface area (Å²) >= 11 is 2.14. The molecule has 0 unspecified atom stereocenters. The molecule has 0 bridgehead atoms. The molecule has 1 amide bonds. The molecule has 2 aromatic rings. The maximum atomic E-state index is 12.2. The zero-order chi connectivity index (χ0) is 19.9. The van der Waals surface area contributed by atoms with Gasteiger partial charge in [0, 0.05) is 10.1 Å². The topological polar surface area (TPSA) is 75.7 Å². The first-order valence-electron chi connectivity index (χ1n) is 8.42. The van der Waals surface area contributed by atoms with Crippen LogP contribution in [-0.2, 0) is 21.2 Å². The van der Waals surface area contributed by atoms with Crippen LogP contribution in [0.25, 0.3) is 0 Å². The highest BCUT2D eigenvalue weighted by Gasteiger charge is 2.20. The van der Waals surface area contributed by atoms with E-state index in [9.17, 15) is 13.2 Å². The van der Waals surface area contributed by atoms with E-state index in [1.807, 2.05) is 24.3 Å². The predicted octanol–water partition coefficient (Wildman–Crippen LogP) is 2.81. The van der Waals surface area contributed by atoms with Crippen LogP contribution in [-0.4, -0.2) is 40.8 Å². The number of hydrogen-bond acceptors (Lipinski definition) is 4. The minimum absolute atomic E-state index is 0.234. The van der Waals surface area contributed by atoms with Crippen LogP contribution in [0.1, 0.15) is 12.0 Å². The van der Waals surface area contributed by atoms with E-state index >= 15 is 0 Å². The van der Waals surface area contributed by atoms with E-state index in [4.69, 9.17) is 4.74 Å². The van der Waals surface area contributed by atoms with Gasteiger partial charge in [-0.2, -0.15) is 0 Å². The Kier molecular flexibility index (Phi) is 7.91. The van der Waals surface area contributed by atoms with E-state index in [1.54, 1.807) is 31.4 Å². The van der Waals surface area contributed by atoms with Crippen molar-refractivity contribution >= 4 is 44.2 Å². The van der Waals surface area contributed by atoms with Crippen molar-refractivity contribution in [1.29, 1.82) is 0 Å². The van der Waals surface area contributed by atoms with E-state index in [2.05, 4.69) is 27.9 Å². The van der Waals surface area contributed by atoms with E-state index < -0.39 is 10.0 Å². The molecule has 8 heteroatoms. The fourth-order valence-corrected chi connectivity index (χ4v) is 3.72. The molecule has 0 aliphatic heterocycles. The van der Waals surface area contributed by atoms with Gasteiger partial charge in [0.2, 0.25) is 15.9 Å². The van der Waals surface area contributed by atoms with Gasteiger partial charge in [-0.05, 0) is 77.4 Å². The van der Waals surface area contributed by atoms with Crippen molar-refractivity contribution in [1.82, 2.24) is 5.32 Å². The lowest BCUT2D eigenvalue weighted by molar-refractivity contribution is -0.119. The number of methoxy groups -OCH3 is 1. The van der Waals surface area contributed by atoms with Crippen molar-refractivity contribution in [2.24, 2.45) is 0 Å². The smallest absolute Gasteiger partial charge is 0.240 e. The van der Waals surface area contributed by atoms with Crippen LogP contribution in [0.2, 0.25) is 0 Å². The molecule has 0 spiro atoms. The zero-order valence-electron chi connectivity index (χ0n) is 15.3. The summed E-state index contributed by atoms with van der Waals surface area (Å²) in [4.78, 5) is 12.2. The van der Waals surface area contributed by atoms with E-state index in [-0.39, 0.29) is 12.5 Å². The minimum atomic E-state index is -3.55. The normalized spacial score (nSPS) is 11.1. The van der Waals surface area contributed by atoms with Gasteiger partial charge in [0.05, 0.1) is 19.1 Å². The summed E-state index contributed by atoms with van der Waals surface area (Å²) in [5, 5.41) is 2.79. The molecule has 0 saturated heterocycles. The number of hydrogen-bond donors (Lipinski definition) is 1. The van der Waals surface area contributed by atoms with E-state index in [1.165, 1.54) is 0 Å². The Morgan fingerprint density at radius 1 is 1.11 bits per heavy atom. The lowest BCUT2D eigenvalue weighted by atomic mass is 10.1. The van der Waals surface area contributed by atoms with Crippen LogP contribution in [0.3, 0.4) is 0 Å². The van der Waals surface area contributed by atoms with Crippen LogP contribution in [0, 0.1) is 3.57 Å². The van der Waals surface area contributed by atoms with Crippen molar-refractivity contribution in [3.05, 3.63) is 57.7 Å². The third-order valence-electron chi connectivity index (χ3n) is 3.93. The molecule has 0 fully saturated rings. The standard InChI is InChI=1S/C19H23IN2O4S/c1-26-18-11-5-15(6-12-18)4-3-13-21-19(23)14-22(27(2,24)25)17-9-7-16(20)8-10-17/h5-12H,3-4,13-14H2,1-2H3,(H,21,23). The Balaban J connectivity index is 1.85. The fourth-order valence-electron chi connectivity index (χ4n) is 2.51. The molecule has 0 aliphatic rings. The number of amides is 1. The first kappa shape index (κ1) is 21.5. The Bertz CT molecular complexity index is 852. The Labute approximate surface area is 174 Å². The lowest BCUT2D eigenvalue weighted by Gasteiger charge is -2.22. The number of sulfonamides is 1. The second kappa shape index (κ2) is 9.93. The second-order valence-electron chi connectivity index (χ2n) is 6.05. The molecule has 2 rings (SSSR count). The maximum Gasteiger partial charge on any atom is 0.240 e. The lowest BCUT2D eigenvalue weighted by Crippen LogP contribution is -2.40. The second-order valence-corrected chi connectivity index (χ2v) is 9.20. The predicted molar refractivity (Wildman–Crippen MR) is 116 cm³/mol. The largest absolute Gasteiger partial charge is 0.497 e.